The molecule has 154 valence electrons. The predicted molar refractivity (Wildman–Crippen MR) is 125 cm³/mol. The molecule has 0 spiro atoms. The maximum Gasteiger partial charge on any atom is 0.122 e. The third-order valence-corrected chi connectivity index (χ3v) is 5.38. The second kappa shape index (κ2) is 11.1. The van der Waals surface area contributed by atoms with Gasteiger partial charge in [-0.1, -0.05) is 72.8 Å². The zero-order valence-corrected chi connectivity index (χ0v) is 18.6. The second-order valence-electron chi connectivity index (χ2n) is 7.32. The average Bonchev–Trinajstić information content (AvgIpc) is 2.71. The lowest BCUT2D eigenvalue weighted by atomic mass is 9.89. The number of hydrogen-bond donors (Lipinski definition) is 3. The summed E-state index contributed by atoms with van der Waals surface area (Å²) in [5, 5.41) is 30.4. The minimum absolute atomic E-state index is 0.134. The summed E-state index contributed by atoms with van der Waals surface area (Å²) in [6.45, 7) is 7.98. The van der Waals surface area contributed by atoms with Gasteiger partial charge in [-0.3, -0.25) is 0 Å². The molecule has 2 aromatic carbocycles. The van der Waals surface area contributed by atoms with Crippen molar-refractivity contribution in [1.29, 1.82) is 0 Å². The van der Waals surface area contributed by atoms with Gasteiger partial charge in [0.05, 0.1) is 12.7 Å². The number of aliphatic hydroxyl groups is 2. The van der Waals surface area contributed by atoms with E-state index >= 15 is 0 Å². The molecule has 0 radical (unpaired) electrons. The van der Waals surface area contributed by atoms with E-state index in [-0.39, 0.29) is 18.3 Å². The second-order valence-corrected chi connectivity index (χ2v) is 8.23. The van der Waals surface area contributed by atoms with E-state index in [0.717, 1.165) is 21.2 Å². The fourth-order valence-electron chi connectivity index (χ4n) is 3.14. The van der Waals surface area contributed by atoms with Gasteiger partial charge in [0.1, 0.15) is 5.75 Å². The van der Waals surface area contributed by atoms with Crippen LogP contribution in [0.1, 0.15) is 37.8 Å². The smallest absolute Gasteiger partial charge is 0.122 e. The first-order valence-corrected chi connectivity index (χ1v) is 10.6. The molecule has 3 N–H and O–H groups in total. The SMILES string of the molecule is C=C(/C(=C/CO)C(O)CC/C(=C/c1cc(Br)ccc1O)c1ccccc1)C(C)C. The van der Waals surface area contributed by atoms with Crippen LogP contribution in [0.4, 0.5) is 0 Å². The zero-order chi connectivity index (χ0) is 21.4. The van der Waals surface area contributed by atoms with Gasteiger partial charge >= 0.3 is 0 Å². The van der Waals surface area contributed by atoms with Crippen LogP contribution in [0.2, 0.25) is 0 Å². The maximum absolute atomic E-state index is 10.8. The lowest BCUT2D eigenvalue weighted by Crippen LogP contribution is -2.15. The molecule has 0 aliphatic heterocycles. The van der Waals surface area contributed by atoms with Gasteiger partial charge in [-0.05, 0) is 65.3 Å². The third kappa shape index (κ3) is 6.70. The van der Waals surface area contributed by atoms with Crippen molar-refractivity contribution in [3.05, 3.63) is 87.9 Å². The highest BCUT2D eigenvalue weighted by molar-refractivity contribution is 9.10. The van der Waals surface area contributed by atoms with E-state index in [1.807, 2.05) is 56.3 Å². The minimum Gasteiger partial charge on any atom is -0.507 e. The molecular formula is C25H29BrO3. The molecule has 3 nitrogen and oxygen atoms in total. The number of rotatable bonds is 9. The molecule has 0 amide bonds. The summed E-state index contributed by atoms with van der Waals surface area (Å²) in [6, 6.07) is 15.3. The Balaban J connectivity index is 2.32. The van der Waals surface area contributed by atoms with Gasteiger partial charge in [0.25, 0.3) is 0 Å². The van der Waals surface area contributed by atoms with Crippen LogP contribution in [0.25, 0.3) is 11.6 Å². The van der Waals surface area contributed by atoms with E-state index in [2.05, 4.69) is 22.5 Å². The molecule has 0 bridgehead atoms. The van der Waals surface area contributed by atoms with Crippen LogP contribution < -0.4 is 0 Å². The van der Waals surface area contributed by atoms with Crippen molar-refractivity contribution >= 4 is 27.6 Å². The van der Waals surface area contributed by atoms with Crippen LogP contribution in [-0.2, 0) is 0 Å². The highest BCUT2D eigenvalue weighted by atomic mass is 79.9. The normalized spacial score (nSPS) is 13.6. The van der Waals surface area contributed by atoms with Gasteiger partial charge < -0.3 is 15.3 Å². The average molecular weight is 457 g/mol. The summed E-state index contributed by atoms with van der Waals surface area (Å²) in [7, 11) is 0. The van der Waals surface area contributed by atoms with E-state index < -0.39 is 6.10 Å². The Bertz CT molecular complexity index is 882. The topological polar surface area (TPSA) is 60.7 Å². The van der Waals surface area contributed by atoms with Crippen LogP contribution in [0, 0.1) is 5.92 Å². The van der Waals surface area contributed by atoms with Crippen molar-refractivity contribution in [3.63, 3.8) is 0 Å². The number of benzene rings is 2. The van der Waals surface area contributed by atoms with Gasteiger partial charge in [0, 0.05) is 10.0 Å². The standard InChI is InChI=1S/C25H29BrO3/c1-17(2)18(3)23(13-14-27)25(29)11-9-20(19-7-5-4-6-8-19)15-21-16-22(26)10-12-24(21)28/h4-8,10,12-13,15-17,25,27-29H,3,9,11,14H2,1-2H3/b20-15-,23-13-. The fourth-order valence-corrected chi connectivity index (χ4v) is 3.52. The summed E-state index contributed by atoms with van der Waals surface area (Å²) in [5.74, 6) is 0.390. The van der Waals surface area contributed by atoms with Crippen molar-refractivity contribution in [3.8, 4) is 5.75 Å². The number of aromatic hydroxyl groups is 1. The van der Waals surface area contributed by atoms with Crippen LogP contribution in [0.15, 0.2) is 76.8 Å². The molecule has 1 atom stereocenters. The molecule has 0 saturated carbocycles. The Morgan fingerprint density at radius 3 is 2.45 bits per heavy atom. The van der Waals surface area contributed by atoms with Gasteiger partial charge in [-0.15, -0.1) is 0 Å². The molecule has 0 fully saturated rings. The number of allylic oxidation sites excluding steroid dienone is 1. The minimum atomic E-state index is -0.722. The number of aliphatic hydroxyl groups excluding tert-OH is 2. The molecule has 0 aliphatic rings. The highest BCUT2D eigenvalue weighted by Crippen LogP contribution is 2.31. The monoisotopic (exact) mass is 456 g/mol. The first kappa shape index (κ1) is 23.1. The zero-order valence-electron chi connectivity index (χ0n) is 17.0. The summed E-state index contributed by atoms with van der Waals surface area (Å²) in [5.41, 5.74) is 4.29. The molecule has 0 aliphatic carbocycles. The molecule has 0 aromatic heterocycles. The van der Waals surface area contributed by atoms with Crippen molar-refractivity contribution in [2.75, 3.05) is 6.61 Å². The van der Waals surface area contributed by atoms with Crippen molar-refractivity contribution in [2.45, 2.75) is 32.8 Å². The Morgan fingerprint density at radius 1 is 1.14 bits per heavy atom. The third-order valence-electron chi connectivity index (χ3n) is 4.89. The molecule has 1 unspecified atom stereocenters. The predicted octanol–water partition coefficient (Wildman–Crippen LogP) is 5.97. The number of phenols is 1. The van der Waals surface area contributed by atoms with Crippen LogP contribution in [0.3, 0.4) is 0 Å². The van der Waals surface area contributed by atoms with Crippen LogP contribution in [-0.4, -0.2) is 28.0 Å². The van der Waals surface area contributed by atoms with E-state index in [9.17, 15) is 15.3 Å². The summed E-state index contributed by atoms with van der Waals surface area (Å²) < 4.78 is 0.885. The van der Waals surface area contributed by atoms with Crippen molar-refractivity contribution in [2.24, 2.45) is 5.92 Å². The van der Waals surface area contributed by atoms with E-state index in [0.29, 0.717) is 24.0 Å². The first-order chi connectivity index (χ1) is 13.8. The Kier molecular flexibility index (Phi) is 8.90. The van der Waals surface area contributed by atoms with E-state index in [1.54, 1.807) is 18.2 Å². The van der Waals surface area contributed by atoms with Gasteiger partial charge in [-0.25, -0.2) is 0 Å². The Hall–Kier alpha value is -2.14. The summed E-state index contributed by atoms with van der Waals surface area (Å²) >= 11 is 3.45. The Morgan fingerprint density at radius 2 is 1.83 bits per heavy atom. The molecule has 4 heteroatoms. The molecule has 0 saturated heterocycles. The van der Waals surface area contributed by atoms with Crippen molar-refractivity contribution in [1.82, 2.24) is 0 Å². The molecule has 0 heterocycles. The van der Waals surface area contributed by atoms with E-state index in [1.165, 1.54) is 0 Å². The summed E-state index contributed by atoms with van der Waals surface area (Å²) in [4.78, 5) is 0. The fraction of sp³-hybridized carbons (Fsp3) is 0.280. The summed E-state index contributed by atoms with van der Waals surface area (Å²) in [6.07, 6.45) is 3.95. The van der Waals surface area contributed by atoms with Gasteiger partial charge in [-0.2, -0.15) is 0 Å². The largest absolute Gasteiger partial charge is 0.507 e. The van der Waals surface area contributed by atoms with E-state index in [4.69, 9.17) is 0 Å². The maximum atomic E-state index is 10.8. The molecular weight excluding hydrogens is 428 g/mol. The molecule has 2 rings (SSSR count). The van der Waals surface area contributed by atoms with Crippen molar-refractivity contribution < 1.29 is 15.3 Å². The first-order valence-electron chi connectivity index (χ1n) is 9.76. The van der Waals surface area contributed by atoms with Gasteiger partial charge in [0.15, 0.2) is 0 Å². The molecule has 2 aromatic rings. The van der Waals surface area contributed by atoms with Crippen LogP contribution in [0.5, 0.6) is 5.75 Å². The van der Waals surface area contributed by atoms with Gasteiger partial charge in [0.2, 0.25) is 0 Å². The van der Waals surface area contributed by atoms with Crippen LogP contribution >= 0.6 is 15.9 Å². The highest BCUT2D eigenvalue weighted by Gasteiger charge is 2.17. The molecule has 29 heavy (non-hydrogen) atoms. The number of phenolic OH excluding ortho intramolecular Hbond substituents is 1. The quantitative estimate of drug-likeness (QED) is 0.321. The Labute approximate surface area is 181 Å². The lowest BCUT2D eigenvalue weighted by Gasteiger charge is -2.20. The number of hydrogen-bond acceptors (Lipinski definition) is 3. The lowest BCUT2D eigenvalue weighted by molar-refractivity contribution is 0.201. The number of halogens is 1.